The Kier molecular flexibility index (Phi) is 5.58. The molecule has 2 aromatic carbocycles. The normalized spacial score (nSPS) is 10.6. The van der Waals surface area contributed by atoms with Crippen molar-refractivity contribution in [2.24, 2.45) is 0 Å². The van der Waals surface area contributed by atoms with Crippen molar-refractivity contribution in [2.45, 2.75) is 11.8 Å². The summed E-state index contributed by atoms with van der Waals surface area (Å²) in [5, 5.41) is 5.03. The van der Waals surface area contributed by atoms with Crippen LogP contribution in [0.2, 0.25) is 0 Å². The number of thioether (sulfide) groups is 1. The van der Waals surface area contributed by atoms with E-state index in [0.29, 0.717) is 27.7 Å². The van der Waals surface area contributed by atoms with Gasteiger partial charge in [0, 0.05) is 21.4 Å². The number of thiazole rings is 1. The number of ether oxygens (including phenoxy) is 1. The van der Waals surface area contributed by atoms with Crippen LogP contribution >= 0.6 is 23.1 Å². The van der Waals surface area contributed by atoms with E-state index in [-0.39, 0.29) is 11.7 Å². The van der Waals surface area contributed by atoms with Gasteiger partial charge in [-0.1, -0.05) is 6.07 Å². The van der Waals surface area contributed by atoms with Crippen molar-refractivity contribution in [3.05, 3.63) is 58.7 Å². The molecule has 0 unspecified atom stereocenters. The molecule has 1 amide bonds. The van der Waals surface area contributed by atoms with Crippen LogP contribution in [0.3, 0.4) is 0 Å². The molecule has 0 aliphatic heterocycles. The van der Waals surface area contributed by atoms with Crippen molar-refractivity contribution in [1.29, 1.82) is 0 Å². The molecule has 0 atom stereocenters. The molecule has 0 aliphatic carbocycles. The van der Waals surface area contributed by atoms with Gasteiger partial charge in [0.2, 0.25) is 0 Å². The fourth-order valence-electron chi connectivity index (χ4n) is 2.47. The molecule has 1 aromatic heterocycles. The molecule has 0 spiro atoms. The number of hydrogen-bond donors (Lipinski definition) is 1. The minimum absolute atomic E-state index is 0.217. The number of anilines is 1. The van der Waals surface area contributed by atoms with E-state index >= 15 is 0 Å². The molecule has 0 fully saturated rings. The SMILES string of the molecule is COc1ccc(F)cc1-c1csc(NC(=O)c2cc(SC)ccc2C)n1. The predicted molar refractivity (Wildman–Crippen MR) is 105 cm³/mol. The highest BCUT2D eigenvalue weighted by molar-refractivity contribution is 7.98. The Balaban J connectivity index is 1.85. The van der Waals surface area contributed by atoms with E-state index in [1.165, 1.54) is 30.6 Å². The quantitative estimate of drug-likeness (QED) is 0.607. The van der Waals surface area contributed by atoms with E-state index in [4.69, 9.17) is 4.74 Å². The number of aryl methyl sites for hydroxylation is 1. The smallest absolute Gasteiger partial charge is 0.257 e. The fourth-order valence-corrected chi connectivity index (χ4v) is 3.62. The van der Waals surface area contributed by atoms with Crippen molar-refractivity contribution in [2.75, 3.05) is 18.7 Å². The lowest BCUT2D eigenvalue weighted by Gasteiger charge is -2.07. The van der Waals surface area contributed by atoms with Crippen molar-refractivity contribution in [1.82, 2.24) is 4.98 Å². The van der Waals surface area contributed by atoms with Gasteiger partial charge in [0.25, 0.3) is 5.91 Å². The van der Waals surface area contributed by atoms with Gasteiger partial charge in [0.15, 0.2) is 5.13 Å². The average molecular weight is 388 g/mol. The standard InChI is InChI=1S/C19H17FN2O2S2/c1-11-4-6-13(25-3)9-14(11)18(23)22-19-21-16(10-26-19)15-8-12(20)5-7-17(15)24-2/h4-10H,1-3H3,(H,21,22,23). The Morgan fingerprint density at radius 2 is 2.08 bits per heavy atom. The number of rotatable bonds is 5. The van der Waals surface area contributed by atoms with E-state index < -0.39 is 0 Å². The van der Waals surface area contributed by atoms with Gasteiger partial charge in [-0.25, -0.2) is 9.37 Å². The summed E-state index contributed by atoms with van der Waals surface area (Å²) in [5.41, 5.74) is 2.60. The molecule has 1 heterocycles. The predicted octanol–water partition coefficient (Wildman–Crippen LogP) is 5.24. The number of carbonyl (C=O) groups is 1. The summed E-state index contributed by atoms with van der Waals surface area (Å²) >= 11 is 2.86. The molecule has 0 radical (unpaired) electrons. The number of aromatic nitrogens is 1. The molecule has 0 bridgehead atoms. The molecule has 4 nitrogen and oxygen atoms in total. The highest BCUT2D eigenvalue weighted by Crippen LogP contribution is 2.33. The van der Waals surface area contributed by atoms with E-state index in [1.807, 2.05) is 31.4 Å². The van der Waals surface area contributed by atoms with Crippen LogP contribution in [0.1, 0.15) is 15.9 Å². The summed E-state index contributed by atoms with van der Waals surface area (Å²) in [7, 11) is 1.52. The maximum Gasteiger partial charge on any atom is 0.257 e. The third-order valence-corrected chi connectivity index (χ3v) is 5.33. The number of methoxy groups -OCH3 is 1. The minimum Gasteiger partial charge on any atom is -0.496 e. The number of nitrogens with zero attached hydrogens (tertiary/aromatic N) is 1. The first-order chi connectivity index (χ1) is 12.5. The summed E-state index contributed by atoms with van der Waals surface area (Å²) in [6.07, 6.45) is 1.96. The molecule has 26 heavy (non-hydrogen) atoms. The van der Waals surface area contributed by atoms with Gasteiger partial charge < -0.3 is 4.74 Å². The third kappa shape index (κ3) is 3.89. The van der Waals surface area contributed by atoms with Gasteiger partial charge in [-0.3, -0.25) is 10.1 Å². The molecule has 3 aromatic rings. The maximum atomic E-state index is 13.6. The van der Waals surface area contributed by atoms with Crippen LogP contribution in [0, 0.1) is 12.7 Å². The molecule has 3 rings (SSSR count). The maximum absolute atomic E-state index is 13.6. The van der Waals surface area contributed by atoms with Gasteiger partial charge in [0.05, 0.1) is 12.8 Å². The van der Waals surface area contributed by atoms with E-state index in [9.17, 15) is 9.18 Å². The van der Waals surface area contributed by atoms with Crippen LogP contribution in [0.5, 0.6) is 5.75 Å². The van der Waals surface area contributed by atoms with E-state index in [1.54, 1.807) is 23.2 Å². The summed E-state index contributed by atoms with van der Waals surface area (Å²) < 4.78 is 18.8. The zero-order valence-electron chi connectivity index (χ0n) is 14.5. The topological polar surface area (TPSA) is 51.2 Å². The summed E-state index contributed by atoms with van der Waals surface area (Å²) in [5.74, 6) is -0.0625. The first-order valence-electron chi connectivity index (χ1n) is 7.77. The Bertz CT molecular complexity index is 956. The lowest BCUT2D eigenvalue weighted by molar-refractivity contribution is 0.102. The molecule has 7 heteroatoms. The fraction of sp³-hybridized carbons (Fsp3) is 0.158. The van der Waals surface area contributed by atoms with Gasteiger partial charge in [-0.05, 0) is 49.1 Å². The monoisotopic (exact) mass is 388 g/mol. The first-order valence-corrected chi connectivity index (χ1v) is 9.87. The zero-order chi connectivity index (χ0) is 18.7. The average Bonchev–Trinajstić information content (AvgIpc) is 3.10. The van der Waals surface area contributed by atoms with Gasteiger partial charge in [0.1, 0.15) is 11.6 Å². The highest BCUT2D eigenvalue weighted by atomic mass is 32.2. The minimum atomic E-state index is -0.371. The van der Waals surface area contributed by atoms with Gasteiger partial charge in [-0.2, -0.15) is 0 Å². The summed E-state index contributed by atoms with van der Waals surface area (Å²) in [4.78, 5) is 18.0. The molecule has 0 saturated heterocycles. The Labute approximate surface area is 159 Å². The Hall–Kier alpha value is -2.38. The van der Waals surface area contributed by atoms with E-state index in [0.717, 1.165) is 10.5 Å². The van der Waals surface area contributed by atoms with Crippen molar-refractivity contribution < 1.29 is 13.9 Å². The van der Waals surface area contributed by atoms with E-state index in [2.05, 4.69) is 10.3 Å². The Morgan fingerprint density at radius 3 is 2.81 bits per heavy atom. The second-order valence-corrected chi connectivity index (χ2v) is 7.26. The zero-order valence-corrected chi connectivity index (χ0v) is 16.1. The number of nitrogens with one attached hydrogen (secondary N) is 1. The number of carbonyl (C=O) groups excluding carboxylic acids is 1. The molecule has 0 saturated carbocycles. The lowest BCUT2D eigenvalue weighted by atomic mass is 10.1. The van der Waals surface area contributed by atoms with Crippen molar-refractivity contribution in [3.8, 4) is 17.0 Å². The largest absolute Gasteiger partial charge is 0.496 e. The van der Waals surface area contributed by atoms with Crippen LogP contribution in [-0.2, 0) is 0 Å². The molecule has 134 valence electrons. The van der Waals surface area contributed by atoms with Gasteiger partial charge >= 0.3 is 0 Å². The van der Waals surface area contributed by atoms with Crippen molar-refractivity contribution in [3.63, 3.8) is 0 Å². The number of hydrogen-bond acceptors (Lipinski definition) is 5. The number of halogens is 1. The highest BCUT2D eigenvalue weighted by Gasteiger charge is 2.15. The molecule has 1 N–H and O–H groups in total. The molecular weight excluding hydrogens is 371 g/mol. The first kappa shape index (κ1) is 18.4. The molecule has 0 aliphatic rings. The third-order valence-electron chi connectivity index (χ3n) is 3.85. The second kappa shape index (κ2) is 7.88. The number of amides is 1. The van der Waals surface area contributed by atoms with Crippen LogP contribution in [0.15, 0.2) is 46.7 Å². The second-order valence-electron chi connectivity index (χ2n) is 5.52. The summed E-state index contributed by atoms with van der Waals surface area (Å²) in [6.45, 7) is 1.89. The van der Waals surface area contributed by atoms with Crippen LogP contribution in [0.4, 0.5) is 9.52 Å². The summed E-state index contributed by atoms with van der Waals surface area (Å²) in [6, 6.07) is 10.0. The Morgan fingerprint density at radius 1 is 1.27 bits per heavy atom. The van der Waals surface area contributed by atoms with Crippen LogP contribution in [0.25, 0.3) is 11.3 Å². The van der Waals surface area contributed by atoms with Crippen LogP contribution < -0.4 is 10.1 Å². The number of benzene rings is 2. The van der Waals surface area contributed by atoms with Crippen LogP contribution in [-0.4, -0.2) is 24.3 Å². The lowest BCUT2D eigenvalue weighted by Crippen LogP contribution is -2.13. The van der Waals surface area contributed by atoms with Crippen molar-refractivity contribution >= 4 is 34.1 Å². The van der Waals surface area contributed by atoms with Gasteiger partial charge in [-0.15, -0.1) is 23.1 Å². The molecular formula is C19H17FN2O2S2.